The molecule has 0 saturated carbocycles. The van der Waals surface area contributed by atoms with Crippen molar-refractivity contribution in [2.24, 2.45) is 5.41 Å². The first-order valence-corrected chi connectivity index (χ1v) is 23.5. The van der Waals surface area contributed by atoms with Crippen molar-refractivity contribution in [3.05, 3.63) is 53.1 Å². The lowest BCUT2D eigenvalue weighted by molar-refractivity contribution is -0.148. The van der Waals surface area contributed by atoms with Gasteiger partial charge in [0.2, 0.25) is 0 Å². The number of aliphatic hydroxyl groups excluding tert-OH is 2. The summed E-state index contributed by atoms with van der Waals surface area (Å²) in [6.45, 7) is 17.7. The molecule has 2 aliphatic rings. The van der Waals surface area contributed by atoms with Gasteiger partial charge >= 0.3 is 12.1 Å². The third kappa shape index (κ3) is 16.6. The summed E-state index contributed by atoms with van der Waals surface area (Å²) in [4.78, 5) is 47.8. The van der Waals surface area contributed by atoms with Gasteiger partial charge in [-0.3, -0.25) is 24.6 Å². The number of likely N-dealkylation sites (tertiary alicyclic amines) is 1. The van der Waals surface area contributed by atoms with Crippen LogP contribution >= 0.6 is 0 Å². The fraction of sp³-hybridized carbons (Fsp3) is 0.694. The van der Waals surface area contributed by atoms with Crippen LogP contribution in [0.5, 0.6) is 5.75 Å². The van der Waals surface area contributed by atoms with Gasteiger partial charge in [0.25, 0.3) is 0 Å². The number of nitrogens with one attached hydrogen (secondary N) is 1. The minimum absolute atomic E-state index is 0.0167. The number of aliphatic hydroxyl groups is 2. The van der Waals surface area contributed by atoms with E-state index < -0.39 is 23.0 Å². The predicted octanol–water partition coefficient (Wildman–Crippen LogP) is 7.55. The van der Waals surface area contributed by atoms with E-state index in [1.165, 1.54) is 25.7 Å². The van der Waals surface area contributed by atoms with Crippen LogP contribution in [-0.4, -0.2) is 131 Å². The summed E-state index contributed by atoms with van der Waals surface area (Å²) in [6, 6.07) is 10.7. The van der Waals surface area contributed by atoms with Gasteiger partial charge in [-0.05, 0) is 99.9 Å². The Morgan fingerprint density at radius 3 is 2.08 bits per heavy atom. The van der Waals surface area contributed by atoms with Gasteiger partial charge in [0.05, 0.1) is 77.2 Å². The lowest BCUT2D eigenvalue weighted by Gasteiger charge is -2.46. The van der Waals surface area contributed by atoms with Crippen molar-refractivity contribution in [2.45, 2.75) is 123 Å². The lowest BCUT2D eigenvalue weighted by atomic mass is 9.79. The number of amides is 1. The van der Waals surface area contributed by atoms with Crippen molar-refractivity contribution in [1.82, 2.24) is 4.90 Å². The van der Waals surface area contributed by atoms with Crippen LogP contribution in [-0.2, 0) is 44.7 Å². The second-order valence-electron chi connectivity index (χ2n) is 18.0. The Morgan fingerprint density at radius 1 is 0.812 bits per heavy atom. The van der Waals surface area contributed by atoms with Crippen molar-refractivity contribution in [2.75, 3.05) is 103 Å². The van der Waals surface area contributed by atoms with Crippen LogP contribution in [0.1, 0.15) is 128 Å². The Morgan fingerprint density at radius 2 is 1.44 bits per heavy atom. The number of nitrogens with zero attached hydrogens (tertiary/aromatic N) is 2. The van der Waals surface area contributed by atoms with Crippen molar-refractivity contribution in [3.8, 4) is 5.75 Å². The Bertz CT molecular complexity index is 1710. The fourth-order valence-corrected chi connectivity index (χ4v) is 8.13. The third-order valence-electron chi connectivity index (χ3n) is 11.8. The highest BCUT2D eigenvalue weighted by Gasteiger charge is 2.49. The van der Waals surface area contributed by atoms with Gasteiger partial charge in [0, 0.05) is 31.4 Å². The molecule has 1 saturated heterocycles. The molecule has 0 aliphatic carbocycles. The van der Waals surface area contributed by atoms with Crippen molar-refractivity contribution < 1.29 is 57.9 Å². The first kappa shape index (κ1) is 52.9. The minimum atomic E-state index is -1.21. The number of hydrogen-bond donors (Lipinski definition) is 3. The molecule has 0 radical (unpaired) electrons. The summed E-state index contributed by atoms with van der Waals surface area (Å²) in [5.41, 5.74) is 2.22. The van der Waals surface area contributed by atoms with E-state index in [0.717, 1.165) is 49.0 Å². The van der Waals surface area contributed by atoms with Crippen LogP contribution < -0.4 is 15.1 Å². The molecule has 2 aliphatic heterocycles. The molecular weight excluding hydrogens is 823 g/mol. The molecule has 1 amide bonds. The molecule has 2 atom stereocenters. The molecular formula is C49H77N3O12. The quantitative estimate of drug-likeness (QED) is 0.0293. The van der Waals surface area contributed by atoms with Gasteiger partial charge in [-0.15, -0.1) is 0 Å². The summed E-state index contributed by atoms with van der Waals surface area (Å²) in [5, 5.41) is 24.0. The zero-order valence-electron chi connectivity index (χ0n) is 39.5. The Hall–Kier alpha value is -3.67. The molecule has 15 heteroatoms. The van der Waals surface area contributed by atoms with Crippen LogP contribution in [0.3, 0.4) is 0 Å². The Balaban J connectivity index is 1.24. The number of Topliss-reactive ketones (excluding diaryl/α,β-unsaturated/α-hetero) is 1. The maximum Gasteiger partial charge on any atom is 0.411 e. The van der Waals surface area contributed by atoms with E-state index in [-0.39, 0.29) is 44.0 Å². The molecule has 2 unspecified atom stereocenters. The Kier molecular flexibility index (Phi) is 22.9. The second-order valence-corrected chi connectivity index (χ2v) is 18.0. The summed E-state index contributed by atoms with van der Waals surface area (Å²) >= 11 is 0. The number of hydrogen-bond acceptors (Lipinski definition) is 14. The van der Waals surface area contributed by atoms with Crippen molar-refractivity contribution >= 4 is 29.2 Å². The predicted molar refractivity (Wildman–Crippen MR) is 246 cm³/mol. The van der Waals surface area contributed by atoms with E-state index >= 15 is 0 Å². The number of fused-ring (bicyclic) bond motifs is 1. The number of ketones is 1. The third-order valence-corrected chi connectivity index (χ3v) is 11.8. The van der Waals surface area contributed by atoms with E-state index in [0.29, 0.717) is 89.4 Å². The highest BCUT2D eigenvalue weighted by atomic mass is 16.7. The van der Waals surface area contributed by atoms with Gasteiger partial charge in [-0.25, -0.2) is 9.86 Å². The van der Waals surface area contributed by atoms with E-state index in [1.807, 2.05) is 31.0 Å². The number of carbonyl (C=O) groups is 3. The van der Waals surface area contributed by atoms with Gasteiger partial charge in [0.1, 0.15) is 17.8 Å². The zero-order valence-corrected chi connectivity index (χ0v) is 39.5. The number of rotatable bonds is 31. The van der Waals surface area contributed by atoms with Gasteiger partial charge in [-0.2, -0.15) is 0 Å². The largest absolute Gasteiger partial charge is 0.444 e. The number of carbonyl (C=O) groups excluding carboxylic acids is 3. The summed E-state index contributed by atoms with van der Waals surface area (Å²) in [6.07, 6.45) is 8.77. The standard InChI is InChI=1S/C49H77N3O12/c1-7-8-9-10-11-12-19-51-33-45(55)49(6,36-51)46(56)64-40-17-15-38(16-18-40)35-62-47(57)50-43-30-42-39(34-54)32-48(4,5)52(44(42)31-41(43)37(2)3)63-29-28-61-27-25-59-22-14-13-21-58-24-26-60-23-20-53/h15-18,30-31,37,39,53-54H,7-14,19-29,32-36H2,1-6H3,(H,50,57). The smallest absolute Gasteiger partial charge is 0.411 e. The molecule has 3 N–H and O–H groups in total. The van der Waals surface area contributed by atoms with Crippen LogP contribution in [0, 0.1) is 5.41 Å². The maximum atomic E-state index is 13.2. The Labute approximate surface area is 381 Å². The molecule has 0 bridgehead atoms. The average molecular weight is 900 g/mol. The average Bonchev–Trinajstić information content (AvgIpc) is 3.57. The first-order chi connectivity index (χ1) is 30.8. The van der Waals surface area contributed by atoms with Crippen LogP contribution in [0.25, 0.3) is 0 Å². The van der Waals surface area contributed by atoms with Crippen molar-refractivity contribution in [1.29, 1.82) is 0 Å². The van der Waals surface area contributed by atoms with Crippen LogP contribution in [0.4, 0.5) is 16.2 Å². The number of benzene rings is 2. The number of unbranched alkanes of at least 4 members (excludes halogenated alkanes) is 6. The highest BCUT2D eigenvalue weighted by Crippen LogP contribution is 2.46. The van der Waals surface area contributed by atoms with Gasteiger partial charge in [-0.1, -0.05) is 65.0 Å². The number of esters is 1. The molecule has 0 aromatic heterocycles. The zero-order chi connectivity index (χ0) is 46.4. The lowest BCUT2D eigenvalue weighted by Crippen LogP contribution is -2.49. The second kappa shape index (κ2) is 27.7. The van der Waals surface area contributed by atoms with Gasteiger partial charge in [0.15, 0.2) is 5.78 Å². The number of anilines is 2. The summed E-state index contributed by atoms with van der Waals surface area (Å²) in [5.74, 6) is -0.510. The molecule has 2 heterocycles. The molecule has 4 rings (SSSR count). The fourth-order valence-electron chi connectivity index (χ4n) is 8.13. The topological polar surface area (TPSA) is 175 Å². The SMILES string of the molecule is CCCCCCCCN1CC(=O)C(C)(C(=O)Oc2ccc(COC(=O)Nc3cc4c(cc3C(C)C)N(OCCOCCOCCCCOCCOCCO)C(C)(C)CC4CO)cc2)C1. The van der Waals surface area contributed by atoms with E-state index in [4.69, 9.17) is 38.4 Å². The number of hydroxylamine groups is 1. The molecule has 0 spiro atoms. The van der Waals surface area contributed by atoms with E-state index in [1.54, 1.807) is 31.2 Å². The minimum Gasteiger partial charge on any atom is -0.444 e. The molecule has 64 heavy (non-hydrogen) atoms. The monoisotopic (exact) mass is 900 g/mol. The normalized spacial score (nSPS) is 18.4. The van der Waals surface area contributed by atoms with E-state index in [9.17, 15) is 19.5 Å². The molecule has 1 fully saturated rings. The molecule has 360 valence electrons. The maximum absolute atomic E-state index is 13.2. The van der Waals surface area contributed by atoms with E-state index in [2.05, 4.69) is 31.0 Å². The summed E-state index contributed by atoms with van der Waals surface area (Å²) < 4.78 is 33.5. The van der Waals surface area contributed by atoms with Gasteiger partial charge < -0.3 is 38.6 Å². The number of ether oxygens (including phenoxy) is 6. The van der Waals surface area contributed by atoms with Crippen LogP contribution in [0.15, 0.2) is 36.4 Å². The molecule has 2 aromatic rings. The van der Waals surface area contributed by atoms with Crippen LogP contribution in [0.2, 0.25) is 0 Å². The molecule has 15 nitrogen and oxygen atoms in total. The first-order valence-electron chi connectivity index (χ1n) is 23.5. The van der Waals surface area contributed by atoms with Crippen molar-refractivity contribution in [3.63, 3.8) is 0 Å². The highest BCUT2D eigenvalue weighted by molar-refractivity contribution is 6.06. The molecule has 2 aromatic carbocycles. The summed E-state index contributed by atoms with van der Waals surface area (Å²) in [7, 11) is 0.